The van der Waals surface area contributed by atoms with Crippen LogP contribution in [0.25, 0.3) is 21.1 Å². The molecule has 8 heteroatoms. The third-order valence-corrected chi connectivity index (χ3v) is 5.31. The molecule has 0 unspecified atom stereocenters. The standard InChI is InChI=1S/C16H14F3N3OS/c17-16(18,19)11-5-2-6-22(11)8-12-21-14-13-9(3-1-4-10(13)23)7-20-15(14)24-12/h1,3-4,7,11,23H,2,5-6,8H2/t11-/m1/s1. The van der Waals surface area contributed by atoms with Crippen molar-refractivity contribution in [1.29, 1.82) is 0 Å². The summed E-state index contributed by atoms with van der Waals surface area (Å²) in [5.74, 6) is 0.103. The highest BCUT2D eigenvalue weighted by Crippen LogP contribution is 2.36. The topological polar surface area (TPSA) is 49.3 Å². The van der Waals surface area contributed by atoms with Crippen molar-refractivity contribution in [3.05, 3.63) is 29.4 Å². The number of aromatic nitrogens is 2. The second kappa shape index (κ2) is 5.56. The lowest BCUT2D eigenvalue weighted by Crippen LogP contribution is -2.40. The Labute approximate surface area is 139 Å². The molecule has 126 valence electrons. The summed E-state index contributed by atoms with van der Waals surface area (Å²) in [5, 5.41) is 12.0. The van der Waals surface area contributed by atoms with Gasteiger partial charge in [-0.05, 0) is 25.5 Å². The van der Waals surface area contributed by atoms with Crippen molar-refractivity contribution in [3.63, 3.8) is 0 Å². The molecule has 0 radical (unpaired) electrons. The minimum absolute atomic E-state index is 0.103. The van der Waals surface area contributed by atoms with Crippen LogP contribution in [0, 0.1) is 0 Å². The Bertz CT molecular complexity index is 909. The number of fused-ring (bicyclic) bond motifs is 3. The second-order valence-electron chi connectivity index (χ2n) is 5.93. The van der Waals surface area contributed by atoms with Crippen molar-refractivity contribution in [2.75, 3.05) is 6.54 Å². The zero-order valence-electron chi connectivity index (χ0n) is 12.5. The Morgan fingerprint density at radius 1 is 1.33 bits per heavy atom. The Kier molecular flexibility index (Phi) is 3.61. The molecule has 0 aliphatic carbocycles. The molecule has 0 bridgehead atoms. The number of aromatic hydroxyl groups is 1. The average molecular weight is 353 g/mol. The number of nitrogens with zero attached hydrogens (tertiary/aromatic N) is 3. The van der Waals surface area contributed by atoms with Gasteiger partial charge in [0.1, 0.15) is 27.1 Å². The SMILES string of the molecule is Oc1cccc2cnc3sc(CN4CCC[C@@H]4C(F)(F)F)nc3c12. The first-order chi connectivity index (χ1) is 11.4. The van der Waals surface area contributed by atoms with Crippen LogP contribution in [0.15, 0.2) is 24.4 Å². The first-order valence-corrected chi connectivity index (χ1v) is 8.42. The summed E-state index contributed by atoms with van der Waals surface area (Å²) in [7, 11) is 0. The lowest BCUT2D eigenvalue weighted by atomic mass is 10.1. The van der Waals surface area contributed by atoms with Crippen LogP contribution in [-0.2, 0) is 6.54 Å². The zero-order chi connectivity index (χ0) is 16.9. The van der Waals surface area contributed by atoms with E-state index in [1.165, 1.54) is 16.2 Å². The van der Waals surface area contributed by atoms with Crippen LogP contribution in [-0.4, -0.2) is 38.7 Å². The molecule has 1 aliphatic rings. The van der Waals surface area contributed by atoms with Crippen LogP contribution in [0.1, 0.15) is 17.8 Å². The van der Waals surface area contributed by atoms with Gasteiger partial charge in [0.2, 0.25) is 0 Å². The van der Waals surface area contributed by atoms with Gasteiger partial charge in [0.15, 0.2) is 0 Å². The van der Waals surface area contributed by atoms with Crippen LogP contribution in [0.4, 0.5) is 13.2 Å². The quantitative estimate of drug-likeness (QED) is 0.754. The fourth-order valence-electron chi connectivity index (χ4n) is 3.28. The Morgan fingerprint density at radius 2 is 2.17 bits per heavy atom. The molecule has 4 rings (SSSR count). The first-order valence-electron chi connectivity index (χ1n) is 7.60. The van der Waals surface area contributed by atoms with Gasteiger partial charge in [0, 0.05) is 11.6 Å². The third-order valence-electron chi connectivity index (χ3n) is 4.37. The molecule has 0 saturated carbocycles. The number of hydrogen-bond acceptors (Lipinski definition) is 5. The Hall–Kier alpha value is -1.93. The maximum Gasteiger partial charge on any atom is 0.404 e. The molecule has 1 atom stereocenters. The predicted octanol–water partition coefficient (Wildman–Crippen LogP) is 4.08. The molecule has 2 aromatic heterocycles. The summed E-state index contributed by atoms with van der Waals surface area (Å²) < 4.78 is 39.2. The number of phenols is 1. The van der Waals surface area contributed by atoms with Crippen molar-refractivity contribution in [3.8, 4) is 5.75 Å². The number of hydrogen-bond donors (Lipinski definition) is 1. The van der Waals surface area contributed by atoms with E-state index >= 15 is 0 Å². The number of phenolic OH excluding ortho intramolecular Hbond substituents is 1. The van der Waals surface area contributed by atoms with Gasteiger partial charge >= 0.3 is 6.18 Å². The lowest BCUT2D eigenvalue weighted by molar-refractivity contribution is -0.177. The second-order valence-corrected chi connectivity index (χ2v) is 6.99. The highest BCUT2D eigenvalue weighted by Gasteiger charge is 2.45. The summed E-state index contributed by atoms with van der Waals surface area (Å²) in [6.07, 6.45) is -1.89. The Balaban J connectivity index is 1.72. The maximum absolute atomic E-state index is 13.1. The largest absolute Gasteiger partial charge is 0.507 e. The number of thiazole rings is 1. The van der Waals surface area contributed by atoms with Gasteiger partial charge in [0.25, 0.3) is 0 Å². The Morgan fingerprint density at radius 3 is 2.96 bits per heavy atom. The van der Waals surface area contributed by atoms with Crippen LogP contribution in [0.2, 0.25) is 0 Å². The molecule has 3 aromatic rings. The molecule has 0 amide bonds. The molecular weight excluding hydrogens is 339 g/mol. The molecule has 1 aliphatic heterocycles. The summed E-state index contributed by atoms with van der Waals surface area (Å²) in [4.78, 5) is 10.8. The number of benzene rings is 1. The minimum atomic E-state index is -4.21. The molecule has 3 heterocycles. The predicted molar refractivity (Wildman–Crippen MR) is 86.1 cm³/mol. The van der Waals surface area contributed by atoms with Gasteiger partial charge in [0.05, 0.1) is 11.9 Å². The normalized spacial score (nSPS) is 19.5. The summed E-state index contributed by atoms with van der Waals surface area (Å²) >= 11 is 1.28. The van der Waals surface area contributed by atoms with E-state index < -0.39 is 12.2 Å². The minimum Gasteiger partial charge on any atom is -0.507 e. The number of rotatable bonds is 2. The maximum atomic E-state index is 13.1. The fraction of sp³-hybridized carbons (Fsp3) is 0.375. The van der Waals surface area contributed by atoms with Crippen LogP contribution in [0.5, 0.6) is 5.75 Å². The number of halogens is 3. The highest BCUT2D eigenvalue weighted by atomic mass is 32.1. The van der Waals surface area contributed by atoms with Crippen LogP contribution >= 0.6 is 11.3 Å². The molecule has 4 nitrogen and oxygen atoms in total. The van der Waals surface area contributed by atoms with E-state index in [1.807, 2.05) is 6.07 Å². The van der Waals surface area contributed by atoms with E-state index in [1.54, 1.807) is 18.3 Å². The van der Waals surface area contributed by atoms with Gasteiger partial charge in [-0.3, -0.25) is 4.90 Å². The molecule has 1 N–H and O–H groups in total. The highest BCUT2D eigenvalue weighted by molar-refractivity contribution is 7.18. The van der Waals surface area contributed by atoms with E-state index in [4.69, 9.17) is 0 Å². The van der Waals surface area contributed by atoms with Crippen LogP contribution < -0.4 is 0 Å². The summed E-state index contributed by atoms with van der Waals surface area (Å²) in [6.45, 7) is 0.569. The lowest BCUT2D eigenvalue weighted by Gasteiger charge is -2.25. The molecule has 0 spiro atoms. The fourth-order valence-corrected chi connectivity index (χ4v) is 4.22. The van der Waals surface area contributed by atoms with Gasteiger partial charge in [-0.2, -0.15) is 13.2 Å². The van der Waals surface area contributed by atoms with Crippen molar-refractivity contribution in [2.24, 2.45) is 0 Å². The van der Waals surface area contributed by atoms with Crippen molar-refractivity contribution < 1.29 is 18.3 Å². The third kappa shape index (κ3) is 2.59. The van der Waals surface area contributed by atoms with Gasteiger partial charge < -0.3 is 5.11 Å². The average Bonchev–Trinajstić information content (AvgIpc) is 3.13. The van der Waals surface area contributed by atoms with Gasteiger partial charge in [-0.15, -0.1) is 0 Å². The number of pyridine rings is 1. The molecular formula is C16H14F3N3OS. The van der Waals surface area contributed by atoms with E-state index in [-0.39, 0.29) is 18.7 Å². The number of alkyl halides is 3. The van der Waals surface area contributed by atoms with E-state index in [2.05, 4.69) is 9.97 Å². The van der Waals surface area contributed by atoms with Crippen molar-refractivity contribution >= 4 is 32.5 Å². The monoisotopic (exact) mass is 353 g/mol. The molecule has 24 heavy (non-hydrogen) atoms. The molecule has 1 fully saturated rings. The molecule has 1 aromatic carbocycles. The van der Waals surface area contributed by atoms with Gasteiger partial charge in [-0.1, -0.05) is 23.5 Å². The van der Waals surface area contributed by atoms with E-state index in [9.17, 15) is 18.3 Å². The molecule has 1 saturated heterocycles. The van der Waals surface area contributed by atoms with Crippen molar-refractivity contribution in [1.82, 2.24) is 14.9 Å². The number of likely N-dealkylation sites (tertiary alicyclic amines) is 1. The summed E-state index contributed by atoms with van der Waals surface area (Å²) in [5.41, 5.74) is 0.549. The van der Waals surface area contributed by atoms with E-state index in [0.717, 1.165) is 5.39 Å². The zero-order valence-corrected chi connectivity index (χ0v) is 13.4. The van der Waals surface area contributed by atoms with Crippen LogP contribution in [0.3, 0.4) is 0 Å². The first kappa shape index (κ1) is 15.6. The summed E-state index contributed by atoms with van der Waals surface area (Å²) in [6, 6.07) is 3.71. The smallest absolute Gasteiger partial charge is 0.404 e. The van der Waals surface area contributed by atoms with E-state index in [0.29, 0.717) is 33.7 Å². The van der Waals surface area contributed by atoms with Gasteiger partial charge in [-0.25, -0.2) is 9.97 Å². The van der Waals surface area contributed by atoms with Crippen molar-refractivity contribution in [2.45, 2.75) is 31.6 Å².